The number of aliphatic carboxylic acids is 1. The Morgan fingerprint density at radius 2 is 2.10 bits per heavy atom. The molecule has 3 heterocycles. The van der Waals surface area contributed by atoms with Crippen LogP contribution >= 0.6 is 0 Å². The van der Waals surface area contributed by atoms with E-state index in [1.54, 1.807) is 17.1 Å². The lowest BCUT2D eigenvalue weighted by atomic mass is 9.91. The number of anilines is 1. The average molecular weight is 276 g/mol. The van der Waals surface area contributed by atoms with Crippen molar-refractivity contribution in [2.45, 2.75) is 18.4 Å². The van der Waals surface area contributed by atoms with Crippen LogP contribution < -0.4 is 4.90 Å². The fourth-order valence-electron chi connectivity index (χ4n) is 2.64. The lowest BCUT2D eigenvalue weighted by Gasteiger charge is -2.36. The van der Waals surface area contributed by atoms with Gasteiger partial charge in [0.25, 0.3) is 0 Å². The van der Waals surface area contributed by atoms with Gasteiger partial charge in [0.2, 0.25) is 0 Å². The number of aliphatic hydroxyl groups is 1. The highest BCUT2D eigenvalue weighted by Gasteiger charge is 2.39. The first kappa shape index (κ1) is 12.9. The predicted molar refractivity (Wildman–Crippen MR) is 72.5 cm³/mol. The number of pyridine rings is 1. The summed E-state index contributed by atoms with van der Waals surface area (Å²) in [6.45, 7) is 0.994. The van der Waals surface area contributed by atoms with E-state index in [9.17, 15) is 9.90 Å². The number of hydrogen-bond donors (Lipinski definition) is 2. The Balaban J connectivity index is 1.89. The number of carboxylic acid groups (broad SMARTS) is 1. The van der Waals surface area contributed by atoms with Crippen LogP contribution in [0.25, 0.3) is 11.0 Å². The molecule has 0 unspecified atom stereocenters. The van der Waals surface area contributed by atoms with Gasteiger partial charge in [0.15, 0.2) is 11.2 Å². The monoisotopic (exact) mass is 276 g/mol. The van der Waals surface area contributed by atoms with E-state index in [0.29, 0.717) is 13.1 Å². The number of fused-ring (bicyclic) bond motifs is 1. The van der Waals surface area contributed by atoms with Gasteiger partial charge in [0.1, 0.15) is 0 Å². The highest BCUT2D eigenvalue weighted by atomic mass is 16.4. The van der Waals surface area contributed by atoms with E-state index in [-0.39, 0.29) is 12.8 Å². The summed E-state index contributed by atoms with van der Waals surface area (Å²) in [5.41, 5.74) is 0.175. The van der Waals surface area contributed by atoms with Gasteiger partial charge in [-0.2, -0.15) is 5.10 Å². The Labute approximate surface area is 115 Å². The summed E-state index contributed by atoms with van der Waals surface area (Å²) in [4.78, 5) is 17.4. The molecular weight excluding hydrogens is 260 g/mol. The first-order valence-electron chi connectivity index (χ1n) is 6.49. The second-order valence-corrected chi connectivity index (χ2v) is 5.16. The molecule has 1 fully saturated rings. The van der Waals surface area contributed by atoms with Crippen LogP contribution in [-0.4, -0.2) is 49.6 Å². The molecule has 20 heavy (non-hydrogen) atoms. The van der Waals surface area contributed by atoms with Crippen molar-refractivity contribution in [2.24, 2.45) is 7.05 Å². The molecule has 0 spiro atoms. The second-order valence-electron chi connectivity index (χ2n) is 5.16. The molecule has 1 saturated heterocycles. The summed E-state index contributed by atoms with van der Waals surface area (Å²) in [6, 6.07) is 1.90. The van der Waals surface area contributed by atoms with Crippen molar-refractivity contribution < 1.29 is 15.0 Å². The molecule has 0 atom stereocenters. The standard InChI is InChI=1S/C13H16N4O3/c1-16-11-9(8-15-16)10(2-5-14-11)17-6-3-13(20,4-7-17)12(18)19/h2,5,8,20H,3-4,6-7H2,1H3,(H,18,19). The minimum absolute atomic E-state index is 0.215. The normalized spacial score (nSPS) is 18.4. The summed E-state index contributed by atoms with van der Waals surface area (Å²) in [5, 5.41) is 24.1. The van der Waals surface area contributed by atoms with E-state index in [2.05, 4.69) is 15.0 Å². The Bertz CT molecular complexity index is 659. The number of rotatable bonds is 2. The second kappa shape index (κ2) is 4.45. The number of carboxylic acids is 1. The van der Waals surface area contributed by atoms with E-state index in [1.807, 2.05) is 13.1 Å². The predicted octanol–water partition coefficient (Wildman–Crippen LogP) is 0.384. The molecule has 0 aromatic carbocycles. The van der Waals surface area contributed by atoms with Gasteiger partial charge in [-0.25, -0.2) is 9.78 Å². The molecule has 7 heteroatoms. The van der Waals surface area contributed by atoms with Crippen LogP contribution in [0.3, 0.4) is 0 Å². The Kier molecular flexibility index (Phi) is 2.86. The molecule has 2 aromatic heterocycles. The van der Waals surface area contributed by atoms with E-state index in [0.717, 1.165) is 16.7 Å². The number of aromatic nitrogens is 3. The van der Waals surface area contributed by atoms with E-state index >= 15 is 0 Å². The number of hydrogen-bond acceptors (Lipinski definition) is 5. The van der Waals surface area contributed by atoms with Gasteiger partial charge in [-0.1, -0.05) is 0 Å². The maximum absolute atomic E-state index is 11.0. The molecule has 2 N–H and O–H groups in total. The quantitative estimate of drug-likeness (QED) is 0.824. The van der Waals surface area contributed by atoms with Crippen molar-refractivity contribution in [2.75, 3.05) is 18.0 Å². The van der Waals surface area contributed by atoms with E-state index in [4.69, 9.17) is 5.11 Å². The Morgan fingerprint density at radius 1 is 1.40 bits per heavy atom. The maximum atomic E-state index is 11.0. The smallest absolute Gasteiger partial charge is 0.335 e. The highest BCUT2D eigenvalue weighted by Crippen LogP contribution is 2.30. The van der Waals surface area contributed by atoms with Gasteiger partial charge in [-0.3, -0.25) is 4.68 Å². The van der Waals surface area contributed by atoms with Gasteiger partial charge < -0.3 is 15.1 Å². The van der Waals surface area contributed by atoms with Crippen molar-refractivity contribution >= 4 is 22.7 Å². The van der Waals surface area contributed by atoms with E-state index < -0.39 is 11.6 Å². The van der Waals surface area contributed by atoms with Crippen LogP contribution in [0.15, 0.2) is 18.5 Å². The molecule has 0 aliphatic carbocycles. The van der Waals surface area contributed by atoms with Crippen molar-refractivity contribution in [3.63, 3.8) is 0 Å². The fraction of sp³-hybridized carbons (Fsp3) is 0.462. The van der Waals surface area contributed by atoms with Gasteiger partial charge >= 0.3 is 5.97 Å². The average Bonchev–Trinajstić information content (AvgIpc) is 2.82. The lowest BCUT2D eigenvalue weighted by Crippen LogP contribution is -2.49. The molecule has 0 bridgehead atoms. The van der Waals surface area contributed by atoms with Crippen molar-refractivity contribution in [1.29, 1.82) is 0 Å². The third-order valence-electron chi connectivity index (χ3n) is 3.94. The lowest BCUT2D eigenvalue weighted by molar-refractivity contribution is -0.160. The third kappa shape index (κ3) is 1.90. The SMILES string of the molecule is Cn1ncc2c(N3CCC(O)(C(=O)O)CC3)ccnc21. The summed E-state index contributed by atoms with van der Waals surface area (Å²) in [7, 11) is 1.83. The van der Waals surface area contributed by atoms with Crippen LogP contribution in [0.5, 0.6) is 0 Å². The number of nitrogens with zero attached hydrogens (tertiary/aromatic N) is 4. The zero-order chi connectivity index (χ0) is 14.3. The van der Waals surface area contributed by atoms with E-state index in [1.165, 1.54) is 0 Å². The number of aryl methyl sites for hydroxylation is 1. The molecule has 2 aromatic rings. The summed E-state index contributed by atoms with van der Waals surface area (Å²) < 4.78 is 1.70. The van der Waals surface area contributed by atoms with Gasteiger partial charge in [-0.05, 0) is 6.07 Å². The molecule has 3 rings (SSSR count). The summed E-state index contributed by atoms with van der Waals surface area (Å²) in [5.74, 6) is -1.14. The minimum atomic E-state index is -1.60. The van der Waals surface area contributed by atoms with Crippen LogP contribution in [0.2, 0.25) is 0 Å². The molecule has 1 aliphatic heterocycles. The Hall–Kier alpha value is -2.15. The van der Waals surface area contributed by atoms with Crippen LogP contribution in [0.4, 0.5) is 5.69 Å². The molecule has 0 amide bonds. The fourth-order valence-corrected chi connectivity index (χ4v) is 2.64. The molecule has 1 aliphatic rings. The largest absolute Gasteiger partial charge is 0.479 e. The maximum Gasteiger partial charge on any atom is 0.335 e. The molecular formula is C13H16N4O3. The first-order chi connectivity index (χ1) is 9.51. The first-order valence-corrected chi connectivity index (χ1v) is 6.49. The van der Waals surface area contributed by atoms with Crippen LogP contribution in [0, 0.1) is 0 Å². The zero-order valence-corrected chi connectivity index (χ0v) is 11.2. The molecule has 0 radical (unpaired) electrons. The van der Waals surface area contributed by atoms with Gasteiger partial charge in [0.05, 0.1) is 17.3 Å². The van der Waals surface area contributed by atoms with Crippen molar-refractivity contribution in [3.8, 4) is 0 Å². The van der Waals surface area contributed by atoms with Gasteiger partial charge in [0, 0.05) is 39.2 Å². The summed E-state index contributed by atoms with van der Waals surface area (Å²) in [6.07, 6.45) is 3.91. The van der Waals surface area contributed by atoms with Crippen LogP contribution in [-0.2, 0) is 11.8 Å². The number of piperidine rings is 1. The van der Waals surface area contributed by atoms with Crippen LogP contribution in [0.1, 0.15) is 12.8 Å². The molecule has 7 nitrogen and oxygen atoms in total. The van der Waals surface area contributed by atoms with Crippen molar-refractivity contribution in [1.82, 2.24) is 14.8 Å². The number of carbonyl (C=O) groups is 1. The highest BCUT2D eigenvalue weighted by molar-refractivity contribution is 5.89. The minimum Gasteiger partial charge on any atom is -0.479 e. The third-order valence-corrected chi connectivity index (χ3v) is 3.94. The van der Waals surface area contributed by atoms with Crippen molar-refractivity contribution in [3.05, 3.63) is 18.5 Å². The topological polar surface area (TPSA) is 91.5 Å². The molecule has 0 saturated carbocycles. The molecule has 106 valence electrons. The Morgan fingerprint density at radius 3 is 2.75 bits per heavy atom. The summed E-state index contributed by atoms with van der Waals surface area (Å²) >= 11 is 0. The zero-order valence-electron chi connectivity index (χ0n) is 11.2. The van der Waals surface area contributed by atoms with Gasteiger partial charge in [-0.15, -0.1) is 0 Å².